The van der Waals surface area contributed by atoms with Gasteiger partial charge in [0.05, 0.1) is 16.5 Å². The molecule has 30 heavy (non-hydrogen) atoms. The van der Waals surface area contributed by atoms with E-state index in [1.165, 1.54) is 27.6 Å². The average molecular weight is 448 g/mol. The van der Waals surface area contributed by atoms with Crippen LogP contribution < -0.4 is 0 Å². The van der Waals surface area contributed by atoms with Gasteiger partial charge in [-0.2, -0.15) is 11.8 Å². The molecule has 1 unspecified atom stereocenters. The number of aromatic nitrogens is 1. The number of likely N-dealkylation sites (tertiary alicyclic amines) is 1. The van der Waals surface area contributed by atoms with Gasteiger partial charge in [0.15, 0.2) is 9.84 Å². The molecule has 1 aromatic heterocycles. The van der Waals surface area contributed by atoms with Crippen LogP contribution in [0.15, 0.2) is 18.3 Å². The van der Waals surface area contributed by atoms with Gasteiger partial charge in [0.25, 0.3) is 0 Å². The lowest BCUT2D eigenvalue weighted by molar-refractivity contribution is 0.141. The van der Waals surface area contributed by atoms with Crippen LogP contribution in [-0.2, 0) is 22.9 Å². The van der Waals surface area contributed by atoms with Gasteiger partial charge in [-0.3, -0.25) is 0 Å². The summed E-state index contributed by atoms with van der Waals surface area (Å²) in [6.07, 6.45) is 3.32. The van der Waals surface area contributed by atoms with E-state index in [4.69, 9.17) is 0 Å². The number of aryl methyl sites for hydroxylation is 2. The Balaban J connectivity index is 1.29. The van der Waals surface area contributed by atoms with Crippen LogP contribution in [0.5, 0.6) is 0 Å². The lowest BCUT2D eigenvalue weighted by Crippen LogP contribution is -2.49. The summed E-state index contributed by atoms with van der Waals surface area (Å²) in [4.78, 5) is 17.1. The minimum absolute atomic E-state index is 0.0423. The summed E-state index contributed by atoms with van der Waals surface area (Å²) < 4.78 is 27.5. The summed E-state index contributed by atoms with van der Waals surface area (Å²) in [7, 11) is -3.04. The van der Waals surface area contributed by atoms with Crippen molar-refractivity contribution in [1.29, 1.82) is 0 Å². The van der Waals surface area contributed by atoms with Gasteiger partial charge in [-0.25, -0.2) is 13.2 Å². The van der Waals surface area contributed by atoms with E-state index in [0.717, 1.165) is 12.3 Å². The maximum Gasteiger partial charge on any atom is 0.320 e. The van der Waals surface area contributed by atoms with Gasteiger partial charge in [-0.1, -0.05) is 11.6 Å². The summed E-state index contributed by atoms with van der Waals surface area (Å²) in [5.74, 6) is 1.28. The van der Waals surface area contributed by atoms with Crippen LogP contribution >= 0.6 is 11.8 Å². The third-order valence-corrected chi connectivity index (χ3v) is 10.2. The molecule has 0 radical (unpaired) electrons. The fraction of sp³-hybridized carbons (Fsp3) is 0.591. The molecule has 4 heterocycles. The Morgan fingerprint density at radius 2 is 1.83 bits per heavy atom. The van der Waals surface area contributed by atoms with Crippen molar-refractivity contribution >= 4 is 38.5 Å². The van der Waals surface area contributed by atoms with Crippen molar-refractivity contribution in [3.05, 3.63) is 35.0 Å². The van der Waals surface area contributed by atoms with Crippen molar-refractivity contribution in [1.82, 2.24) is 14.4 Å². The SMILES string of the molecule is Cc1cc2c3c(c1)c(C)cn3CCN(C(=O)N1CCC(S(=O)(=O)CC3CS3)CC1)C2. The number of amides is 2. The molecule has 3 aliphatic heterocycles. The number of nitrogens with zero attached hydrogens (tertiary/aromatic N) is 3. The fourth-order valence-corrected chi connectivity index (χ4v) is 8.19. The molecule has 0 N–H and O–H groups in total. The van der Waals surface area contributed by atoms with Gasteiger partial charge in [-0.05, 0) is 43.9 Å². The molecule has 8 heteroatoms. The van der Waals surface area contributed by atoms with Crippen molar-refractivity contribution in [3.63, 3.8) is 0 Å². The Morgan fingerprint density at radius 3 is 2.53 bits per heavy atom. The summed E-state index contributed by atoms with van der Waals surface area (Å²) in [5.41, 5.74) is 4.94. The smallest absolute Gasteiger partial charge is 0.320 e. The number of hydrogen-bond acceptors (Lipinski definition) is 4. The summed E-state index contributed by atoms with van der Waals surface area (Å²) in [6, 6.07) is 4.47. The average Bonchev–Trinajstić information content (AvgIpc) is 3.48. The number of carbonyl (C=O) groups excluding carboxylic acids is 1. The lowest BCUT2D eigenvalue weighted by atomic mass is 10.1. The zero-order chi connectivity index (χ0) is 21.0. The number of hydrogen-bond donors (Lipinski definition) is 0. The van der Waals surface area contributed by atoms with Gasteiger partial charge in [-0.15, -0.1) is 0 Å². The van der Waals surface area contributed by atoms with E-state index < -0.39 is 9.84 Å². The van der Waals surface area contributed by atoms with E-state index in [1.54, 1.807) is 11.8 Å². The molecule has 1 aromatic carbocycles. The van der Waals surface area contributed by atoms with Gasteiger partial charge in [0, 0.05) is 55.3 Å². The molecule has 0 bridgehead atoms. The quantitative estimate of drug-likeness (QED) is 0.678. The van der Waals surface area contributed by atoms with E-state index >= 15 is 0 Å². The molecule has 2 saturated heterocycles. The minimum atomic E-state index is -3.04. The van der Waals surface area contributed by atoms with Crippen molar-refractivity contribution in [3.8, 4) is 0 Å². The van der Waals surface area contributed by atoms with Gasteiger partial charge in [0.2, 0.25) is 0 Å². The van der Waals surface area contributed by atoms with E-state index in [2.05, 4.69) is 36.7 Å². The summed E-state index contributed by atoms with van der Waals surface area (Å²) in [6.45, 7) is 7.39. The van der Waals surface area contributed by atoms with Gasteiger partial charge in [0.1, 0.15) is 0 Å². The normalized spacial score (nSPS) is 22.4. The Hall–Kier alpha value is -1.67. The molecule has 2 fully saturated rings. The third kappa shape index (κ3) is 3.73. The van der Waals surface area contributed by atoms with Crippen LogP contribution in [0.2, 0.25) is 0 Å². The summed E-state index contributed by atoms with van der Waals surface area (Å²) >= 11 is 1.73. The maximum absolute atomic E-state index is 13.3. The second-order valence-electron chi connectivity index (χ2n) is 9.00. The Labute approximate surface area is 182 Å². The van der Waals surface area contributed by atoms with Gasteiger partial charge >= 0.3 is 6.03 Å². The first-order valence-electron chi connectivity index (χ1n) is 10.8. The molecule has 5 rings (SSSR count). The zero-order valence-corrected chi connectivity index (χ0v) is 19.3. The molecular weight excluding hydrogens is 418 g/mol. The lowest BCUT2D eigenvalue weighted by Gasteiger charge is -2.35. The predicted octanol–water partition coefficient (Wildman–Crippen LogP) is 3.19. The molecule has 6 nitrogen and oxygen atoms in total. The highest BCUT2D eigenvalue weighted by atomic mass is 32.2. The number of carbonyl (C=O) groups is 1. The molecule has 0 saturated carbocycles. The third-order valence-electron chi connectivity index (χ3n) is 6.68. The summed E-state index contributed by atoms with van der Waals surface area (Å²) in [5, 5.41) is 1.30. The van der Waals surface area contributed by atoms with Crippen molar-refractivity contribution in [2.24, 2.45) is 0 Å². The highest BCUT2D eigenvalue weighted by Crippen LogP contribution is 2.34. The maximum atomic E-state index is 13.3. The molecule has 0 aliphatic carbocycles. The van der Waals surface area contributed by atoms with E-state index in [9.17, 15) is 13.2 Å². The second kappa shape index (κ2) is 7.48. The number of sulfone groups is 1. The van der Waals surface area contributed by atoms with Crippen LogP contribution in [0.25, 0.3) is 10.9 Å². The number of piperidine rings is 1. The van der Waals surface area contributed by atoms with Crippen LogP contribution in [-0.4, -0.2) is 70.5 Å². The van der Waals surface area contributed by atoms with Gasteiger partial charge < -0.3 is 14.4 Å². The number of thioether (sulfide) groups is 1. The van der Waals surface area contributed by atoms with E-state index in [-0.39, 0.29) is 11.3 Å². The monoisotopic (exact) mass is 447 g/mol. The first-order chi connectivity index (χ1) is 14.3. The van der Waals surface area contributed by atoms with Crippen LogP contribution in [0, 0.1) is 13.8 Å². The predicted molar refractivity (Wildman–Crippen MR) is 122 cm³/mol. The number of urea groups is 1. The Morgan fingerprint density at radius 1 is 1.10 bits per heavy atom. The first-order valence-corrected chi connectivity index (χ1v) is 13.5. The van der Waals surface area contributed by atoms with Crippen LogP contribution in [0.4, 0.5) is 4.79 Å². The molecule has 1 atom stereocenters. The minimum Gasteiger partial charge on any atom is -0.345 e. The standard InChI is InChI=1S/C22H29N3O3S2/c1-15-9-17-12-25(8-7-24-11-16(2)20(10-15)21(17)24)22(26)23-5-3-19(4-6-23)30(27,28)14-18-13-29-18/h9-11,18-19H,3-8,12-14H2,1-2H3. The largest absolute Gasteiger partial charge is 0.345 e. The van der Waals surface area contributed by atoms with Crippen molar-refractivity contribution in [2.45, 2.75) is 50.3 Å². The Bertz CT molecular complexity index is 1100. The molecular formula is C22H29N3O3S2. The highest BCUT2D eigenvalue weighted by Gasteiger charge is 2.37. The second-order valence-corrected chi connectivity index (χ2v) is 12.7. The van der Waals surface area contributed by atoms with Crippen LogP contribution in [0.1, 0.15) is 29.5 Å². The van der Waals surface area contributed by atoms with Crippen molar-refractivity contribution < 1.29 is 13.2 Å². The van der Waals surface area contributed by atoms with Crippen LogP contribution in [0.3, 0.4) is 0 Å². The molecule has 3 aliphatic rings. The van der Waals surface area contributed by atoms with E-state index in [1.807, 2.05) is 9.80 Å². The Kier molecular flexibility index (Phi) is 5.05. The topological polar surface area (TPSA) is 62.6 Å². The number of rotatable bonds is 3. The number of benzene rings is 1. The zero-order valence-electron chi connectivity index (χ0n) is 17.6. The molecule has 162 valence electrons. The highest BCUT2D eigenvalue weighted by molar-refractivity contribution is 8.08. The van der Waals surface area contributed by atoms with Crippen molar-refractivity contribution in [2.75, 3.05) is 31.1 Å². The fourth-order valence-electron chi connectivity index (χ4n) is 5.00. The van der Waals surface area contributed by atoms with E-state index in [0.29, 0.717) is 50.0 Å². The molecule has 0 spiro atoms. The molecule has 2 aromatic rings. The first kappa shape index (κ1) is 20.2. The molecule has 2 amide bonds.